The number of aryl methyl sites for hydroxylation is 2. The summed E-state index contributed by atoms with van der Waals surface area (Å²) >= 11 is 0. The van der Waals surface area contributed by atoms with Gasteiger partial charge in [-0.3, -0.25) is 14.9 Å². The van der Waals surface area contributed by atoms with Gasteiger partial charge in [0.1, 0.15) is 11.5 Å². The van der Waals surface area contributed by atoms with Crippen molar-refractivity contribution in [1.82, 2.24) is 5.43 Å². The molecule has 0 aliphatic heterocycles. The van der Waals surface area contributed by atoms with Crippen LogP contribution in [0.3, 0.4) is 0 Å². The van der Waals surface area contributed by atoms with E-state index in [0.717, 1.165) is 6.42 Å². The van der Waals surface area contributed by atoms with Gasteiger partial charge in [0.05, 0.1) is 16.2 Å². The highest BCUT2D eigenvalue weighted by molar-refractivity contribution is 6.02. The highest BCUT2D eigenvalue weighted by atomic mass is 16.6. The molecule has 0 saturated heterocycles. The fourth-order valence-electron chi connectivity index (χ4n) is 2.34. The Balaban J connectivity index is 2.25. The number of carbonyl (C=O) groups excluding carboxylic acids is 1. The topological polar surface area (TPSA) is 97.7 Å². The van der Waals surface area contributed by atoms with Crippen LogP contribution < -0.4 is 5.43 Å². The minimum Gasteiger partial charge on any atom is -0.466 e. The smallest absolute Gasteiger partial charge is 0.274 e. The normalized spacial score (nSPS) is 11.4. The zero-order valence-corrected chi connectivity index (χ0v) is 13.8. The van der Waals surface area contributed by atoms with Crippen molar-refractivity contribution < 1.29 is 14.1 Å². The predicted octanol–water partition coefficient (Wildman–Crippen LogP) is 3.74. The molecule has 7 heteroatoms. The first-order valence-electron chi connectivity index (χ1n) is 7.61. The molecule has 2 rings (SSSR count). The van der Waals surface area contributed by atoms with Crippen LogP contribution in [-0.2, 0) is 0 Å². The number of nitrogens with one attached hydrogen (secondary N) is 1. The number of hydrazone groups is 1. The summed E-state index contributed by atoms with van der Waals surface area (Å²) in [4.78, 5) is 22.7. The third kappa shape index (κ3) is 4.07. The maximum Gasteiger partial charge on any atom is 0.274 e. The number of nitro groups is 1. The van der Waals surface area contributed by atoms with Gasteiger partial charge < -0.3 is 4.42 Å². The Kier molecular flexibility index (Phi) is 5.47. The molecule has 0 radical (unpaired) electrons. The Morgan fingerprint density at radius 2 is 2.08 bits per heavy atom. The van der Waals surface area contributed by atoms with Gasteiger partial charge in [-0.2, -0.15) is 5.10 Å². The molecule has 1 amide bonds. The summed E-state index contributed by atoms with van der Waals surface area (Å²) in [6.07, 6.45) is 1.38. The maximum atomic E-state index is 12.2. The van der Waals surface area contributed by atoms with Gasteiger partial charge in [-0.15, -0.1) is 0 Å². The number of nitrogens with zero attached hydrogens (tertiary/aromatic N) is 2. The third-order valence-electron chi connectivity index (χ3n) is 3.46. The molecular formula is C17H19N3O4. The molecule has 24 heavy (non-hydrogen) atoms. The highest BCUT2D eigenvalue weighted by Crippen LogP contribution is 2.16. The van der Waals surface area contributed by atoms with Crippen LogP contribution in [0.2, 0.25) is 0 Å². The number of amides is 1. The zero-order valence-electron chi connectivity index (χ0n) is 13.8. The van der Waals surface area contributed by atoms with Gasteiger partial charge in [-0.25, -0.2) is 5.43 Å². The van der Waals surface area contributed by atoms with Crippen LogP contribution in [0.25, 0.3) is 0 Å². The monoisotopic (exact) mass is 329 g/mol. The molecule has 0 spiro atoms. The molecule has 0 fully saturated rings. The van der Waals surface area contributed by atoms with Gasteiger partial charge in [-0.05, 0) is 26.3 Å². The Morgan fingerprint density at radius 1 is 1.33 bits per heavy atom. The van der Waals surface area contributed by atoms with Crippen molar-refractivity contribution in [1.29, 1.82) is 0 Å². The van der Waals surface area contributed by atoms with Crippen LogP contribution in [0, 0.1) is 24.0 Å². The summed E-state index contributed by atoms with van der Waals surface area (Å²) < 4.78 is 5.33. The largest absolute Gasteiger partial charge is 0.466 e. The first-order valence-corrected chi connectivity index (χ1v) is 7.61. The molecule has 0 atom stereocenters. The fourth-order valence-corrected chi connectivity index (χ4v) is 2.34. The first kappa shape index (κ1) is 17.4. The fraction of sp³-hybridized carbons (Fsp3) is 0.294. The summed E-state index contributed by atoms with van der Waals surface area (Å²) in [5, 5.41) is 15.1. The van der Waals surface area contributed by atoms with E-state index in [4.69, 9.17) is 4.42 Å². The average Bonchev–Trinajstić information content (AvgIpc) is 2.89. The Morgan fingerprint density at radius 3 is 2.67 bits per heavy atom. The van der Waals surface area contributed by atoms with Crippen LogP contribution in [0.5, 0.6) is 0 Å². The van der Waals surface area contributed by atoms with Gasteiger partial charge >= 0.3 is 0 Å². The van der Waals surface area contributed by atoms with E-state index in [-0.39, 0.29) is 11.6 Å². The zero-order chi connectivity index (χ0) is 17.7. The van der Waals surface area contributed by atoms with Gasteiger partial charge in [0.15, 0.2) is 0 Å². The van der Waals surface area contributed by atoms with Crippen molar-refractivity contribution in [2.24, 2.45) is 5.10 Å². The van der Waals surface area contributed by atoms with Crippen molar-refractivity contribution in [3.63, 3.8) is 0 Å². The summed E-state index contributed by atoms with van der Waals surface area (Å²) in [5.74, 6) is 0.796. The maximum absolute atomic E-state index is 12.2. The van der Waals surface area contributed by atoms with Crippen molar-refractivity contribution in [3.8, 4) is 0 Å². The minimum absolute atomic E-state index is 0.0102. The van der Waals surface area contributed by atoms with Crippen LogP contribution in [-0.4, -0.2) is 16.5 Å². The molecule has 1 aromatic carbocycles. The molecule has 2 aromatic rings. The third-order valence-corrected chi connectivity index (χ3v) is 3.46. The summed E-state index contributed by atoms with van der Waals surface area (Å²) in [5.41, 5.74) is 4.12. The lowest BCUT2D eigenvalue weighted by atomic mass is 10.1. The number of non-ortho nitro benzene ring substituents is 1. The van der Waals surface area contributed by atoms with Crippen molar-refractivity contribution >= 4 is 17.3 Å². The Hall–Kier alpha value is -2.96. The molecule has 1 N–H and O–H groups in total. The molecule has 0 aliphatic carbocycles. The molecule has 0 aliphatic rings. The highest BCUT2D eigenvalue weighted by Gasteiger charge is 2.14. The van der Waals surface area contributed by atoms with Crippen LogP contribution in [0.15, 0.2) is 39.9 Å². The van der Waals surface area contributed by atoms with Crippen molar-refractivity contribution in [2.75, 3.05) is 0 Å². The van der Waals surface area contributed by atoms with E-state index in [1.165, 1.54) is 12.1 Å². The lowest BCUT2D eigenvalue weighted by Crippen LogP contribution is -2.20. The molecular weight excluding hydrogens is 310 g/mol. The number of benzene rings is 1. The van der Waals surface area contributed by atoms with E-state index in [1.807, 2.05) is 6.92 Å². The van der Waals surface area contributed by atoms with E-state index in [0.29, 0.717) is 34.8 Å². The summed E-state index contributed by atoms with van der Waals surface area (Å²) in [6.45, 7) is 5.44. The average molecular weight is 329 g/mol. The van der Waals surface area contributed by atoms with Gasteiger partial charge in [-0.1, -0.05) is 25.5 Å². The lowest BCUT2D eigenvalue weighted by molar-refractivity contribution is -0.384. The van der Waals surface area contributed by atoms with E-state index in [9.17, 15) is 14.9 Å². The minimum atomic E-state index is -0.455. The number of rotatable bonds is 6. The number of hydrogen-bond donors (Lipinski definition) is 1. The Bertz CT molecular complexity index is 793. The van der Waals surface area contributed by atoms with E-state index in [1.54, 1.807) is 32.0 Å². The predicted molar refractivity (Wildman–Crippen MR) is 90.2 cm³/mol. The van der Waals surface area contributed by atoms with Crippen LogP contribution in [0.4, 0.5) is 5.69 Å². The number of nitro benzene ring substituents is 1. The molecule has 1 aromatic heterocycles. The van der Waals surface area contributed by atoms with Gasteiger partial charge in [0.25, 0.3) is 11.6 Å². The lowest BCUT2D eigenvalue weighted by Gasteiger charge is -2.06. The SMILES string of the molecule is CCC/C(=N/NC(=O)c1cc(C)oc1C)c1cccc([N+](=O)[O-])c1. The number of hydrogen-bond acceptors (Lipinski definition) is 5. The molecule has 126 valence electrons. The van der Waals surface area contributed by atoms with E-state index >= 15 is 0 Å². The van der Waals surface area contributed by atoms with Gasteiger partial charge in [0, 0.05) is 17.7 Å². The summed E-state index contributed by atoms with van der Waals surface area (Å²) in [6, 6.07) is 7.86. The first-order chi connectivity index (χ1) is 11.4. The van der Waals surface area contributed by atoms with Crippen molar-refractivity contribution in [3.05, 3.63) is 63.1 Å². The molecule has 0 saturated carbocycles. The second-order valence-electron chi connectivity index (χ2n) is 5.38. The van der Waals surface area contributed by atoms with E-state index in [2.05, 4.69) is 10.5 Å². The van der Waals surface area contributed by atoms with Crippen LogP contribution >= 0.6 is 0 Å². The van der Waals surface area contributed by atoms with Crippen molar-refractivity contribution in [2.45, 2.75) is 33.6 Å². The standard InChI is InChI=1S/C17H19N3O4/c1-4-6-16(13-7-5-8-14(10-13)20(22)23)18-19-17(21)15-9-11(2)24-12(15)3/h5,7-10H,4,6H2,1-3H3,(H,19,21)/b18-16-. The number of furan rings is 1. The second kappa shape index (κ2) is 7.54. The number of carbonyl (C=O) groups is 1. The van der Waals surface area contributed by atoms with Crippen LogP contribution in [0.1, 0.15) is 47.2 Å². The Labute approximate surface area is 139 Å². The molecule has 0 bridgehead atoms. The quantitative estimate of drug-likeness (QED) is 0.496. The van der Waals surface area contributed by atoms with Gasteiger partial charge in [0.2, 0.25) is 0 Å². The molecule has 1 heterocycles. The second-order valence-corrected chi connectivity index (χ2v) is 5.38. The summed E-state index contributed by atoms with van der Waals surface area (Å²) in [7, 11) is 0. The molecule has 0 unspecified atom stereocenters. The molecule has 7 nitrogen and oxygen atoms in total. The van der Waals surface area contributed by atoms with E-state index < -0.39 is 4.92 Å².